The molecular formula is C11H16BrClN2O3S. The second-order valence-corrected chi connectivity index (χ2v) is 7.19. The van der Waals surface area contributed by atoms with Crippen molar-refractivity contribution in [2.24, 2.45) is 5.73 Å². The first kappa shape index (κ1) is 16.7. The van der Waals surface area contributed by atoms with E-state index in [1.165, 1.54) is 24.5 Å². The van der Waals surface area contributed by atoms with Gasteiger partial charge in [-0.05, 0) is 41.0 Å². The van der Waals surface area contributed by atoms with E-state index in [9.17, 15) is 8.42 Å². The van der Waals surface area contributed by atoms with Gasteiger partial charge in [-0.25, -0.2) is 12.7 Å². The number of nitrogens with two attached hydrogens (primary N) is 1. The van der Waals surface area contributed by atoms with E-state index in [1.807, 2.05) is 0 Å². The Morgan fingerprint density at radius 2 is 2.11 bits per heavy atom. The number of hydrogen-bond donors (Lipinski definition) is 1. The molecule has 0 heterocycles. The molecule has 0 aliphatic rings. The van der Waals surface area contributed by atoms with E-state index in [4.69, 9.17) is 22.1 Å². The van der Waals surface area contributed by atoms with Gasteiger partial charge in [0.05, 0.1) is 11.6 Å². The summed E-state index contributed by atoms with van der Waals surface area (Å²) in [4.78, 5) is 0.0360. The van der Waals surface area contributed by atoms with Gasteiger partial charge in [0.1, 0.15) is 4.90 Å². The number of hydrogen-bond acceptors (Lipinski definition) is 4. The van der Waals surface area contributed by atoms with Crippen molar-refractivity contribution in [3.05, 3.63) is 21.6 Å². The van der Waals surface area contributed by atoms with Gasteiger partial charge in [0.15, 0.2) is 5.75 Å². The second-order valence-electron chi connectivity index (χ2n) is 3.89. The number of ether oxygens (including phenoxy) is 1. The Morgan fingerprint density at radius 1 is 1.47 bits per heavy atom. The highest BCUT2D eigenvalue weighted by atomic mass is 79.9. The SMILES string of the molecule is COc1c(Br)cc(Cl)cc1S(=O)(=O)N(C)CCCN. The van der Waals surface area contributed by atoms with Crippen LogP contribution in [-0.2, 0) is 10.0 Å². The van der Waals surface area contributed by atoms with Crippen LogP contribution in [0.25, 0.3) is 0 Å². The van der Waals surface area contributed by atoms with Gasteiger partial charge in [0.2, 0.25) is 10.0 Å². The van der Waals surface area contributed by atoms with Crippen LogP contribution in [0.1, 0.15) is 6.42 Å². The lowest BCUT2D eigenvalue weighted by Crippen LogP contribution is -2.29. The number of nitrogens with zero attached hydrogens (tertiary/aromatic N) is 1. The summed E-state index contributed by atoms with van der Waals surface area (Å²) in [5, 5.41) is 0.318. The molecule has 0 saturated heterocycles. The predicted molar refractivity (Wildman–Crippen MR) is 79.2 cm³/mol. The van der Waals surface area contributed by atoms with Crippen molar-refractivity contribution in [1.29, 1.82) is 0 Å². The minimum absolute atomic E-state index is 0.0360. The van der Waals surface area contributed by atoms with Gasteiger partial charge in [-0.3, -0.25) is 0 Å². The summed E-state index contributed by atoms with van der Waals surface area (Å²) in [5.41, 5.74) is 5.39. The summed E-state index contributed by atoms with van der Waals surface area (Å²) >= 11 is 9.15. The second kappa shape index (κ2) is 6.90. The summed E-state index contributed by atoms with van der Waals surface area (Å²) in [6, 6.07) is 2.96. The van der Waals surface area contributed by atoms with Crippen molar-refractivity contribution in [2.75, 3.05) is 27.2 Å². The molecule has 0 spiro atoms. The first-order valence-electron chi connectivity index (χ1n) is 5.54. The molecule has 19 heavy (non-hydrogen) atoms. The molecule has 0 aliphatic heterocycles. The van der Waals surface area contributed by atoms with Crippen molar-refractivity contribution in [1.82, 2.24) is 4.31 Å². The Bertz CT molecular complexity index is 551. The molecular weight excluding hydrogens is 356 g/mol. The summed E-state index contributed by atoms with van der Waals surface area (Å²) < 4.78 is 31.8. The first-order valence-corrected chi connectivity index (χ1v) is 8.15. The van der Waals surface area contributed by atoms with Crippen LogP contribution in [0.5, 0.6) is 5.75 Å². The minimum atomic E-state index is -3.66. The highest BCUT2D eigenvalue weighted by molar-refractivity contribution is 9.10. The molecule has 0 aliphatic carbocycles. The zero-order chi connectivity index (χ0) is 14.6. The quantitative estimate of drug-likeness (QED) is 0.831. The smallest absolute Gasteiger partial charge is 0.246 e. The summed E-state index contributed by atoms with van der Waals surface area (Å²) in [7, 11) is -0.752. The topological polar surface area (TPSA) is 72.6 Å². The maximum atomic E-state index is 12.4. The molecule has 0 bridgehead atoms. The molecule has 0 saturated carbocycles. The lowest BCUT2D eigenvalue weighted by molar-refractivity contribution is 0.395. The molecule has 0 aromatic heterocycles. The monoisotopic (exact) mass is 370 g/mol. The Balaban J connectivity index is 3.28. The van der Waals surface area contributed by atoms with Crippen LogP contribution in [0, 0.1) is 0 Å². The summed E-state index contributed by atoms with van der Waals surface area (Å²) in [6.07, 6.45) is 0.583. The lowest BCUT2D eigenvalue weighted by atomic mass is 10.3. The van der Waals surface area contributed by atoms with Gasteiger partial charge in [-0.2, -0.15) is 0 Å². The third-order valence-corrected chi connectivity index (χ3v) is 5.21. The predicted octanol–water partition coefficient (Wildman–Crippen LogP) is 2.08. The first-order chi connectivity index (χ1) is 8.84. The Labute approximate surface area is 126 Å². The van der Waals surface area contributed by atoms with Gasteiger partial charge in [-0.1, -0.05) is 11.6 Å². The van der Waals surface area contributed by atoms with E-state index in [0.29, 0.717) is 29.0 Å². The van der Waals surface area contributed by atoms with Crippen LogP contribution in [0.2, 0.25) is 5.02 Å². The van der Waals surface area contributed by atoms with Crippen LogP contribution in [0.15, 0.2) is 21.5 Å². The number of halogens is 2. The van der Waals surface area contributed by atoms with Crippen molar-refractivity contribution < 1.29 is 13.2 Å². The lowest BCUT2D eigenvalue weighted by Gasteiger charge is -2.19. The average Bonchev–Trinajstić information content (AvgIpc) is 2.34. The summed E-state index contributed by atoms with van der Waals surface area (Å²) in [5.74, 6) is 0.240. The van der Waals surface area contributed by atoms with Crippen LogP contribution >= 0.6 is 27.5 Å². The normalized spacial score (nSPS) is 11.9. The zero-order valence-corrected chi connectivity index (χ0v) is 13.8. The van der Waals surface area contributed by atoms with Crippen molar-refractivity contribution >= 4 is 37.6 Å². The third kappa shape index (κ3) is 3.82. The molecule has 0 atom stereocenters. The number of sulfonamides is 1. The highest BCUT2D eigenvalue weighted by Crippen LogP contribution is 2.36. The molecule has 108 valence electrons. The molecule has 8 heteroatoms. The molecule has 0 radical (unpaired) electrons. The third-order valence-electron chi connectivity index (χ3n) is 2.54. The Hall–Kier alpha value is -0.340. The standard InChI is InChI=1S/C11H16BrClN2O3S/c1-15(5-3-4-14)19(16,17)10-7-8(13)6-9(12)11(10)18-2/h6-7H,3-5,14H2,1-2H3. The molecule has 0 unspecified atom stereocenters. The molecule has 5 nitrogen and oxygen atoms in total. The molecule has 0 fully saturated rings. The van der Waals surface area contributed by atoms with Gasteiger partial charge in [0.25, 0.3) is 0 Å². The van der Waals surface area contributed by atoms with Crippen LogP contribution in [0.4, 0.5) is 0 Å². The summed E-state index contributed by atoms with van der Waals surface area (Å²) in [6.45, 7) is 0.766. The van der Waals surface area contributed by atoms with Crippen LogP contribution < -0.4 is 10.5 Å². The van der Waals surface area contributed by atoms with Crippen molar-refractivity contribution in [2.45, 2.75) is 11.3 Å². The number of benzene rings is 1. The Morgan fingerprint density at radius 3 is 2.63 bits per heavy atom. The van der Waals surface area contributed by atoms with E-state index >= 15 is 0 Å². The maximum absolute atomic E-state index is 12.4. The van der Waals surface area contributed by atoms with Gasteiger partial charge in [0, 0.05) is 18.6 Å². The average molecular weight is 372 g/mol. The minimum Gasteiger partial charge on any atom is -0.494 e. The molecule has 0 amide bonds. The largest absolute Gasteiger partial charge is 0.494 e. The van der Waals surface area contributed by atoms with Crippen molar-refractivity contribution in [3.8, 4) is 5.75 Å². The van der Waals surface area contributed by atoms with E-state index in [1.54, 1.807) is 6.07 Å². The van der Waals surface area contributed by atoms with Crippen LogP contribution in [-0.4, -0.2) is 40.0 Å². The fourth-order valence-corrected chi connectivity index (χ4v) is 4.11. The van der Waals surface area contributed by atoms with E-state index in [-0.39, 0.29) is 10.6 Å². The van der Waals surface area contributed by atoms with E-state index in [2.05, 4.69) is 15.9 Å². The highest BCUT2D eigenvalue weighted by Gasteiger charge is 2.26. The fraction of sp³-hybridized carbons (Fsp3) is 0.455. The molecule has 1 aromatic rings. The zero-order valence-electron chi connectivity index (χ0n) is 10.7. The molecule has 2 N–H and O–H groups in total. The number of methoxy groups -OCH3 is 1. The Kier molecular flexibility index (Phi) is 6.07. The van der Waals surface area contributed by atoms with Gasteiger partial charge >= 0.3 is 0 Å². The fourth-order valence-electron chi connectivity index (χ4n) is 1.53. The van der Waals surface area contributed by atoms with Gasteiger partial charge in [-0.15, -0.1) is 0 Å². The van der Waals surface area contributed by atoms with E-state index in [0.717, 1.165) is 0 Å². The van der Waals surface area contributed by atoms with Crippen LogP contribution in [0.3, 0.4) is 0 Å². The van der Waals surface area contributed by atoms with Gasteiger partial charge < -0.3 is 10.5 Å². The van der Waals surface area contributed by atoms with Crippen molar-refractivity contribution in [3.63, 3.8) is 0 Å². The maximum Gasteiger partial charge on any atom is 0.246 e. The molecule has 1 aromatic carbocycles. The molecule has 1 rings (SSSR count). The number of rotatable bonds is 6. The van der Waals surface area contributed by atoms with E-state index < -0.39 is 10.0 Å².